The van der Waals surface area contributed by atoms with E-state index in [9.17, 15) is 4.79 Å². The molecule has 0 unspecified atom stereocenters. The van der Waals surface area contributed by atoms with Gasteiger partial charge in [-0.1, -0.05) is 0 Å². The summed E-state index contributed by atoms with van der Waals surface area (Å²) in [5.41, 5.74) is 6.00. The Morgan fingerprint density at radius 1 is 1.91 bits per heavy atom. The molecule has 0 radical (unpaired) electrons. The average molecular weight is 155 g/mol. The smallest absolute Gasteiger partial charge is 0.320 e. The lowest BCUT2D eigenvalue weighted by molar-refractivity contribution is -0.138. The van der Waals surface area contributed by atoms with Gasteiger partial charge in [-0.05, 0) is 0 Å². The summed E-state index contributed by atoms with van der Waals surface area (Å²) in [7, 11) is 0. The number of carboxylic acids is 1. The van der Waals surface area contributed by atoms with Crippen molar-refractivity contribution in [1.29, 1.82) is 0 Å². The lowest BCUT2D eigenvalue weighted by Crippen LogP contribution is -2.32. The van der Waals surface area contributed by atoms with Gasteiger partial charge in [0.15, 0.2) is 0 Å². The van der Waals surface area contributed by atoms with E-state index >= 15 is 0 Å². The lowest BCUT2D eigenvalue weighted by atomic mass is 10.1. The van der Waals surface area contributed by atoms with E-state index in [0.29, 0.717) is 6.42 Å². The molecule has 11 heavy (non-hydrogen) atoms. The third kappa shape index (κ3) is 2.12. The van der Waals surface area contributed by atoms with E-state index in [2.05, 4.69) is 10.2 Å². The van der Waals surface area contributed by atoms with Gasteiger partial charge >= 0.3 is 5.97 Å². The molecule has 1 heterocycles. The van der Waals surface area contributed by atoms with Gasteiger partial charge in [0.2, 0.25) is 0 Å². The molecule has 1 aliphatic rings. The molecule has 1 aliphatic heterocycles. The van der Waals surface area contributed by atoms with E-state index in [1.54, 1.807) is 6.21 Å². The van der Waals surface area contributed by atoms with Crippen LogP contribution in [0.5, 0.6) is 0 Å². The molecule has 0 aromatic rings. The number of aliphatic carboxylic acids is 1. The van der Waals surface area contributed by atoms with Crippen molar-refractivity contribution in [3.63, 3.8) is 0 Å². The predicted octanol–water partition coefficient (Wildman–Crippen LogP) is -0.381. The molecular weight excluding hydrogens is 146 g/mol. The number of hydrogen-bond donors (Lipinski definition) is 2. The van der Waals surface area contributed by atoms with E-state index in [1.807, 2.05) is 0 Å². The van der Waals surface area contributed by atoms with Crippen LogP contribution in [0.25, 0.3) is 0 Å². The Balaban J connectivity index is 2.37. The number of nitrogens with two attached hydrogens (primary N) is 1. The molecule has 0 saturated heterocycles. The fourth-order valence-corrected chi connectivity index (χ4v) is 0.775. The number of hydrogen-bond acceptors (Lipinski definition) is 4. The zero-order chi connectivity index (χ0) is 8.27. The highest BCUT2D eigenvalue weighted by molar-refractivity contribution is 6.00. The summed E-state index contributed by atoms with van der Waals surface area (Å²) in [5, 5.41) is 15.7. The van der Waals surface area contributed by atoms with Crippen LogP contribution >= 0.6 is 0 Å². The normalized spacial score (nSPS) is 18.1. The second-order valence-corrected chi connectivity index (χ2v) is 2.32. The van der Waals surface area contributed by atoms with Gasteiger partial charge in [0.25, 0.3) is 0 Å². The average Bonchev–Trinajstić information content (AvgIpc) is 2.39. The first-order chi connectivity index (χ1) is 5.20. The van der Waals surface area contributed by atoms with Crippen molar-refractivity contribution < 1.29 is 9.90 Å². The summed E-state index contributed by atoms with van der Waals surface area (Å²) in [6.45, 7) is 0. The molecule has 0 amide bonds. The Kier molecular flexibility index (Phi) is 2.32. The van der Waals surface area contributed by atoms with Gasteiger partial charge < -0.3 is 10.8 Å². The molecule has 1 rings (SSSR count). The summed E-state index contributed by atoms with van der Waals surface area (Å²) in [6.07, 6.45) is 2.54. The Morgan fingerprint density at radius 2 is 2.64 bits per heavy atom. The summed E-state index contributed by atoms with van der Waals surface area (Å²) >= 11 is 0. The molecule has 3 N–H and O–H groups in total. The van der Waals surface area contributed by atoms with Crippen molar-refractivity contribution in [3.8, 4) is 0 Å². The number of carboxylic acid groups (broad SMARTS) is 1. The van der Waals surface area contributed by atoms with Gasteiger partial charge in [-0.2, -0.15) is 10.2 Å². The van der Waals surface area contributed by atoms with Crippen molar-refractivity contribution in [1.82, 2.24) is 0 Å². The summed E-state index contributed by atoms with van der Waals surface area (Å²) in [4.78, 5) is 10.3. The topological polar surface area (TPSA) is 88.0 Å². The predicted molar refractivity (Wildman–Crippen MR) is 40.8 cm³/mol. The third-order valence-electron chi connectivity index (χ3n) is 1.38. The van der Waals surface area contributed by atoms with Crippen molar-refractivity contribution in [2.24, 2.45) is 15.9 Å². The van der Waals surface area contributed by atoms with E-state index in [1.165, 1.54) is 0 Å². The molecule has 5 nitrogen and oxygen atoms in total. The van der Waals surface area contributed by atoms with Crippen LogP contribution in [0, 0.1) is 0 Å². The van der Waals surface area contributed by atoms with Gasteiger partial charge in [0, 0.05) is 24.8 Å². The van der Waals surface area contributed by atoms with E-state index in [-0.39, 0.29) is 6.42 Å². The van der Waals surface area contributed by atoms with Gasteiger partial charge in [-0.25, -0.2) is 0 Å². The molecule has 0 fully saturated rings. The van der Waals surface area contributed by atoms with Crippen LogP contribution in [-0.2, 0) is 4.79 Å². The van der Waals surface area contributed by atoms with Crippen LogP contribution in [0.1, 0.15) is 12.8 Å². The highest BCUT2D eigenvalue weighted by Crippen LogP contribution is 2.01. The second-order valence-electron chi connectivity index (χ2n) is 2.32. The highest BCUT2D eigenvalue weighted by Gasteiger charge is 2.15. The summed E-state index contributed by atoms with van der Waals surface area (Å²) in [5.74, 6) is -1.00. The van der Waals surface area contributed by atoms with Gasteiger partial charge in [0.05, 0.1) is 0 Å². The first-order valence-electron chi connectivity index (χ1n) is 3.26. The third-order valence-corrected chi connectivity index (χ3v) is 1.38. The molecule has 0 aliphatic carbocycles. The van der Waals surface area contributed by atoms with Crippen molar-refractivity contribution >= 4 is 17.9 Å². The molecule has 0 aromatic carbocycles. The molecule has 0 spiro atoms. The Bertz CT molecular complexity index is 222. The minimum atomic E-state index is -1.00. The van der Waals surface area contributed by atoms with E-state index in [0.717, 1.165) is 5.71 Å². The number of carbonyl (C=O) groups is 1. The minimum Gasteiger partial charge on any atom is -0.480 e. The van der Waals surface area contributed by atoms with Gasteiger partial charge in [0.1, 0.15) is 6.04 Å². The fourth-order valence-electron chi connectivity index (χ4n) is 0.775. The molecule has 0 saturated carbocycles. The largest absolute Gasteiger partial charge is 0.480 e. The van der Waals surface area contributed by atoms with Crippen LogP contribution in [0.2, 0.25) is 0 Å². The van der Waals surface area contributed by atoms with Crippen LogP contribution < -0.4 is 5.73 Å². The van der Waals surface area contributed by atoms with E-state index < -0.39 is 12.0 Å². The molecular formula is C6H9N3O2. The van der Waals surface area contributed by atoms with Crippen molar-refractivity contribution in [3.05, 3.63) is 0 Å². The monoisotopic (exact) mass is 155 g/mol. The second kappa shape index (κ2) is 3.25. The molecule has 5 heteroatoms. The first-order valence-corrected chi connectivity index (χ1v) is 3.26. The van der Waals surface area contributed by atoms with Crippen molar-refractivity contribution in [2.75, 3.05) is 0 Å². The maximum atomic E-state index is 10.3. The van der Waals surface area contributed by atoms with Crippen molar-refractivity contribution in [2.45, 2.75) is 18.9 Å². The number of nitrogens with zero attached hydrogens (tertiary/aromatic N) is 2. The quantitative estimate of drug-likeness (QED) is 0.582. The SMILES string of the molecule is N[C@@H](CC1=NN=CC1)C(=O)O. The van der Waals surface area contributed by atoms with E-state index in [4.69, 9.17) is 10.8 Å². The Labute approximate surface area is 63.6 Å². The fraction of sp³-hybridized carbons (Fsp3) is 0.500. The van der Waals surface area contributed by atoms with Crippen LogP contribution in [0.4, 0.5) is 0 Å². The lowest BCUT2D eigenvalue weighted by Gasteiger charge is -2.03. The van der Waals surface area contributed by atoms with Crippen LogP contribution in [-0.4, -0.2) is 29.0 Å². The Hall–Kier alpha value is -1.23. The van der Waals surface area contributed by atoms with Gasteiger partial charge in [-0.15, -0.1) is 0 Å². The van der Waals surface area contributed by atoms with Crippen LogP contribution in [0.15, 0.2) is 10.2 Å². The standard InChI is InChI=1S/C6H9N3O2/c7-5(6(10)11)3-4-1-2-8-9-4/h2,5H,1,3,7H2,(H,10,11)/t5-/m0/s1. The minimum absolute atomic E-state index is 0.287. The maximum absolute atomic E-state index is 10.3. The Morgan fingerprint density at radius 3 is 3.09 bits per heavy atom. The van der Waals surface area contributed by atoms with Gasteiger partial charge in [-0.3, -0.25) is 4.79 Å². The summed E-state index contributed by atoms with van der Waals surface area (Å²) in [6, 6.07) is -0.851. The zero-order valence-electron chi connectivity index (χ0n) is 5.90. The molecule has 1 atom stereocenters. The molecule has 0 aromatic heterocycles. The number of rotatable bonds is 3. The zero-order valence-corrected chi connectivity index (χ0v) is 5.90. The highest BCUT2D eigenvalue weighted by atomic mass is 16.4. The molecule has 60 valence electrons. The first kappa shape index (κ1) is 7.87. The van der Waals surface area contributed by atoms with Crippen LogP contribution in [0.3, 0.4) is 0 Å². The summed E-state index contributed by atoms with van der Waals surface area (Å²) < 4.78 is 0. The molecule has 0 bridgehead atoms. The maximum Gasteiger partial charge on any atom is 0.320 e.